The van der Waals surface area contributed by atoms with Crippen molar-refractivity contribution in [3.8, 4) is 0 Å². The Hall–Kier alpha value is -1.56. The highest BCUT2D eigenvalue weighted by Gasteiger charge is 2.35. The summed E-state index contributed by atoms with van der Waals surface area (Å²) in [6, 6.07) is 3.30. The van der Waals surface area contributed by atoms with Gasteiger partial charge >= 0.3 is 6.18 Å². The zero-order valence-corrected chi connectivity index (χ0v) is 11.2. The molecule has 6 heteroatoms. The highest BCUT2D eigenvalue weighted by atomic mass is 19.4. The molecule has 0 radical (unpaired) electrons. The first kappa shape index (κ1) is 14.8. The summed E-state index contributed by atoms with van der Waals surface area (Å²) < 4.78 is 37.9. The van der Waals surface area contributed by atoms with Crippen LogP contribution in [0.4, 0.5) is 18.9 Å². The van der Waals surface area contributed by atoms with E-state index in [1.54, 1.807) is 6.92 Å². The van der Waals surface area contributed by atoms with Gasteiger partial charge in [-0.05, 0) is 43.9 Å². The largest absolute Gasteiger partial charge is 0.416 e. The highest BCUT2D eigenvalue weighted by Crippen LogP contribution is 2.34. The molecule has 1 aliphatic rings. The van der Waals surface area contributed by atoms with Crippen LogP contribution in [0.25, 0.3) is 0 Å². The van der Waals surface area contributed by atoms with Gasteiger partial charge in [0, 0.05) is 17.6 Å². The monoisotopic (exact) mass is 286 g/mol. The number of alkyl halides is 3. The normalized spacial score (nSPS) is 17.4. The zero-order chi connectivity index (χ0) is 15.0. The van der Waals surface area contributed by atoms with E-state index in [9.17, 15) is 18.0 Å². The highest BCUT2D eigenvalue weighted by molar-refractivity contribution is 5.92. The van der Waals surface area contributed by atoms with Crippen molar-refractivity contribution in [1.29, 1.82) is 0 Å². The predicted octanol–water partition coefficient (Wildman–Crippen LogP) is 3.22. The van der Waals surface area contributed by atoms with E-state index in [2.05, 4.69) is 5.32 Å². The van der Waals surface area contributed by atoms with Crippen LogP contribution in [0, 0.1) is 6.92 Å². The lowest BCUT2D eigenvalue weighted by Crippen LogP contribution is -2.48. The first-order chi connectivity index (χ1) is 9.20. The zero-order valence-electron chi connectivity index (χ0n) is 11.2. The average molecular weight is 286 g/mol. The maximum absolute atomic E-state index is 12.6. The molecule has 2 rings (SSSR count). The molecule has 0 heterocycles. The van der Waals surface area contributed by atoms with E-state index in [0.29, 0.717) is 5.56 Å². The predicted molar refractivity (Wildman–Crippen MR) is 70.2 cm³/mol. The summed E-state index contributed by atoms with van der Waals surface area (Å²) in [5, 5.41) is 2.53. The van der Waals surface area contributed by atoms with E-state index in [1.165, 1.54) is 6.07 Å². The Balaban J connectivity index is 2.10. The molecule has 20 heavy (non-hydrogen) atoms. The van der Waals surface area contributed by atoms with Gasteiger partial charge in [-0.1, -0.05) is 6.07 Å². The molecule has 0 atom stereocenters. The minimum atomic E-state index is -4.42. The van der Waals surface area contributed by atoms with Crippen molar-refractivity contribution in [2.24, 2.45) is 5.73 Å². The van der Waals surface area contributed by atoms with Crippen molar-refractivity contribution in [3.63, 3.8) is 0 Å². The summed E-state index contributed by atoms with van der Waals surface area (Å²) in [5.41, 5.74) is 5.47. The van der Waals surface area contributed by atoms with Gasteiger partial charge in [0.25, 0.3) is 0 Å². The lowest BCUT2D eigenvalue weighted by Gasteiger charge is -2.37. The van der Waals surface area contributed by atoms with Crippen LogP contribution >= 0.6 is 0 Å². The number of benzene rings is 1. The van der Waals surface area contributed by atoms with Gasteiger partial charge in [0.05, 0.1) is 5.56 Å². The van der Waals surface area contributed by atoms with Gasteiger partial charge in [0.2, 0.25) is 5.91 Å². The molecule has 1 aromatic rings. The number of carbonyl (C=O) groups is 1. The van der Waals surface area contributed by atoms with Gasteiger partial charge in [0.15, 0.2) is 0 Å². The Labute approximate surface area is 115 Å². The molecule has 3 nitrogen and oxygen atoms in total. The Morgan fingerprint density at radius 3 is 2.55 bits per heavy atom. The Bertz CT molecular complexity index is 522. The first-order valence-corrected chi connectivity index (χ1v) is 6.46. The SMILES string of the molecule is Cc1ccc(C(F)(F)F)cc1NC(=O)CC1(N)CCC1. The summed E-state index contributed by atoms with van der Waals surface area (Å²) in [4.78, 5) is 11.9. The van der Waals surface area contributed by atoms with Crippen molar-refractivity contribution in [3.05, 3.63) is 29.3 Å². The van der Waals surface area contributed by atoms with Gasteiger partial charge in [-0.2, -0.15) is 13.2 Å². The maximum Gasteiger partial charge on any atom is 0.416 e. The van der Waals surface area contributed by atoms with Crippen molar-refractivity contribution in [2.75, 3.05) is 5.32 Å². The topological polar surface area (TPSA) is 55.1 Å². The Morgan fingerprint density at radius 2 is 2.05 bits per heavy atom. The van der Waals surface area contributed by atoms with E-state index in [4.69, 9.17) is 5.73 Å². The third-order valence-electron chi connectivity index (χ3n) is 3.70. The van der Waals surface area contributed by atoms with Crippen LogP contribution in [0.15, 0.2) is 18.2 Å². The van der Waals surface area contributed by atoms with Crippen molar-refractivity contribution >= 4 is 11.6 Å². The third kappa shape index (κ3) is 3.30. The van der Waals surface area contributed by atoms with Crippen molar-refractivity contribution in [1.82, 2.24) is 0 Å². The van der Waals surface area contributed by atoms with Crippen molar-refractivity contribution in [2.45, 2.75) is 44.3 Å². The minimum absolute atomic E-state index is 0.142. The second kappa shape index (κ2) is 5.09. The van der Waals surface area contributed by atoms with Crippen LogP contribution in [-0.2, 0) is 11.0 Å². The molecule has 1 saturated carbocycles. The summed E-state index contributed by atoms with van der Waals surface area (Å²) in [5.74, 6) is -0.338. The second-order valence-corrected chi connectivity index (χ2v) is 5.47. The van der Waals surface area contributed by atoms with E-state index >= 15 is 0 Å². The van der Waals surface area contributed by atoms with E-state index in [1.807, 2.05) is 0 Å². The molecule has 0 bridgehead atoms. The van der Waals surface area contributed by atoms with Crippen LogP contribution in [0.1, 0.15) is 36.8 Å². The van der Waals surface area contributed by atoms with Crippen LogP contribution in [0.3, 0.4) is 0 Å². The van der Waals surface area contributed by atoms with Crippen LogP contribution in [0.5, 0.6) is 0 Å². The minimum Gasteiger partial charge on any atom is -0.326 e. The molecule has 110 valence electrons. The van der Waals surface area contributed by atoms with Gasteiger partial charge in [-0.15, -0.1) is 0 Å². The molecule has 0 saturated heterocycles. The number of carbonyl (C=O) groups excluding carboxylic acids is 1. The summed E-state index contributed by atoms with van der Waals surface area (Å²) in [6.45, 7) is 1.65. The van der Waals surface area contributed by atoms with E-state index < -0.39 is 17.3 Å². The van der Waals surface area contributed by atoms with E-state index in [0.717, 1.165) is 31.4 Å². The number of aryl methyl sites for hydroxylation is 1. The number of rotatable bonds is 3. The molecule has 0 aliphatic heterocycles. The molecule has 1 amide bonds. The molecule has 3 N–H and O–H groups in total. The smallest absolute Gasteiger partial charge is 0.326 e. The Kier molecular flexibility index (Phi) is 3.77. The fourth-order valence-corrected chi connectivity index (χ4v) is 2.25. The molecule has 1 aromatic carbocycles. The van der Waals surface area contributed by atoms with Crippen LogP contribution in [0.2, 0.25) is 0 Å². The second-order valence-electron chi connectivity index (χ2n) is 5.47. The van der Waals surface area contributed by atoms with Gasteiger partial charge in [-0.25, -0.2) is 0 Å². The number of nitrogens with two attached hydrogens (primary N) is 1. The number of hydrogen-bond donors (Lipinski definition) is 2. The van der Waals surface area contributed by atoms with Crippen molar-refractivity contribution < 1.29 is 18.0 Å². The third-order valence-corrected chi connectivity index (χ3v) is 3.70. The standard InChI is InChI=1S/C14H17F3N2O/c1-9-3-4-10(14(15,16)17)7-11(9)19-12(20)8-13(18)5-2-6-13/h3-4,7H,2,5-6,8,18H2,1H3,(H,19,20). The van der Waals surface area contributed by atoms with Crippen LogP contribution in [-0.4, -0.2) is 11.4 Å². The molecule has 0 spiro atoms. The summed E-state index contributed by atoms with van der Waals surface area (Å²) in [7, 11) is 0. The lowest BCUT2D eigenvalue weighted by atomic mass is 9.75. The number of halogens is 3. The summed E-state index contributed by atoms with van der Waals surface area (Å²) in [6.07, 6.45) is -1.73. The summed E-state index contributed by atoms with van der Waals surface area (Å²) >= 11 is 0. The van der Waals surface area contributed by atoms with Crippen LogP contribution < -0.4 is 11.1 Å². The molecular formula is C14H17F3N2O. The maximum atomic E-state index is 12.6. The van der Waals surface area contributed by atoms with Gasteiger partial charge in [-0.3, -0.25) is 4.79 Å². The molecule has 0 unspecified atom stereocenters. The van der Waals surface area contributed by atoms with E-state index in [-0.39, 0.29) is 18.0 Å². The Morgan fingerprint density at radius 1 is 1.40 bits per heavy atom. The quantitative estimate of drug-likeness (QED) is 0.896. The van der Waals surface area contributed by atoms with Gasteiger partial charge < -0.3 is 11.1 Å². The fraction of sp³-hybridized carbons (Fsp3) is 0.500. The average Bonchev–Trinajstić information content (AvgIpc) is 2.28. The number of nitrogens with one attached hydrogen (secondary N) is 1. The number of hydrogen-bond acceptors (Lipinski definition) is 2. The molecule has 1 aliphatic carbocycles. The number of amides is 1. The molecular weight excluding hydrogens is 269 g/mol. The molecule has 1 fully saturated rings. The first-order valence-electron chi connectivity index (χ1n) is 6.46. The fourth-order valence-electron chi connectivity index (χ4n) is 2.25. The number of anilines is 1. The lowest BCUT2D eigenvalue weighted by molar-refractivity contribution is -0.137. The van der Waals surface area contributed by atoms with Gasteiger partial charge in [0.1, 0.15) is 0 Å². The molecule has 0 aromatic heterocycles.